The molecule has 0 aliphatic rings. The van der Waals surface area contributed by atoms with E-state index >= 15 is 0 Å². The number of hydrogen-bond donors (Lipinski definition) is 1. The van der Waals surface area contributed by atoms with Crippen molar-refractivity contribution in [2.24, 2.45) is 0 Å². The van der Waals surface area contributed by atoms with Gasteiger partial charge in [-0.25, -0.2) is 4.39 Å². The molecule has 4 aromatic rings. The molecular weight excluding hydrogens is 417 g/mol. The first-order valence-electron chi connectivity index (χ1n) is 9.49. The molecule has 4 rings (SSSR count). The van der Waals surface area contributed by atoms with Crippen molar-refractivity contribution in [2.75, 3.05) is 11.1 Å². The molecule has 0 unspecified atom stereocenters. The number of benzene rings is 3. The van der Waals surface area contributed by atoms with Crippen molar-refractivity contribution in [3.05, 3.63) is 100 Å². The highest BCUT2D eigenvalue weighted by molar-refractivity contribution is 8.00. The van der Waals surface area contributed by atoms with Gasteiger partial charge in [0.25, 0.3) is 5.69 Å². The molecule has 0 atom stereocenters. The second-order valence-electron chi connectivity index (χ2n) is 6.91. The van der Waals surface area contributed by atoms with Crippen LogP contribution >= 0.6 is 11.8 Å². The van der Waals surface area contributed by atoms with Crippen LogP contribution in [-0.4, -0.2) is 21.2 Å². The standard InChI is InChI=1S/C23H18FN3O3S/c24-17-7-9-18(10-8-17)25-23(28)15-31-22-14-26(21-4-2-1-3-20(21)22)13-16-5-11-19(12-6-16)27(29)30/h1-12,14H,13,15H2,(H,25,28). The number of anilines is 1. The highest BCUT2D eigenvalue weighted by atomic mass is 32.2. The minimum atomic E-state index is -0.416. The molecule has 1 heterocycles. The van der Waals surface area contributed by atoms with Crippen LogP contribution in [-0.2, 0) is 11.3 Å². The first-order valence-corrected chi connectivity index (χ1v) is 10.5. The second-order valence-corrected chi connectivity index (χ2v) is 7.92. The molecule has 8 heteroatoms. The SMILES string of the molecule is O=C(CSc1cn(Cc2ccc([N+](=O)[O-])cc2)c2ccccc12)Nc1ccc(F)cc1. The maximum atomic E-state index is 13.0. The Kier molecular flexibility index (Phi) is 5.99. The Morgan fingerprint density at radius 3 is 2.45 bits per heavy atom. The average Bonchev–Trinajstić information content (AvgIpc) is 3.12. The lowest BCUT2D eigenvalue weighted by Crippen LogP contribution is -2.13. The van der Waals surface area contributed by atoms with E-state index < -0.39 is 4.92 Å². The monoisotopic (exact) mass is 435 g/mol. The maximum absolute atomic E-state index is 13.0. The molecule has 156 valence electrons. The number of amides is 1. The summed E-state index contributed by atoms with van der Waals surface area (Å²) in [6, 6.07) is 20.0. The predicted octanol–water partition coefficient (Wildman–Crippen LogP) is 5.47. The van der Waals surface area contributed by atoms with Crippen molar-refractivity contribution in [1.82, 2.24) is 4.57 Å². The Bertz CT molecular complexity index is 1240. The van der Waals surface area contributed by atoms with Gasteiger partial charge >= 0.3 is 0 Å². The number of para-hydroxylation sites is 1. The van der Waals surface area contributed by atoms with Crippen LogP contribution < -0.4 is 5.32 Å². The largest absolute Gasteiger partial charge is 0.342 e. The number of nitro benzene ring substituents is 1. The number of nitro groups is 1. The van der Waals surface area contributed by atoms with Crippen LogP contribution in [0.2, 0.25) is 0 Å². The van der Waals surface area contributed by atoms with Crippen molar-refractivity contribution in [2.45, 2.75) is 11.4 Å². The molecule has 0 fully saturated rings. The number of thioether (sulfide) groups is 1. The summed E-state index contributed by atoms with van der Waals surface area (Å²) in [5, 5.41) is 14.6. The number of non-ortho nitro benzene ring substituents is 1. The Morgan fingerprint density at radius 2 is 1.74 bits per heavy atom. The van der Waals surface area contributed by atoms with Crippen LogP contribution in [0.15, 0.2) is 83.9 Å². The fourth-order valence-electron chi connectivity index (χ4n) is 3.25. The molecule has 1 N–H and O–H groups in total. The summed E-state index contributed by atoms with van der Waals surface area (Å²) in [6.07, 6.45) is 1.99. The lowest BCUT2D eigenvalue weighted by molar-refractivity contribution is -0.384. The molecule has 0 radical (unpaired) electrons. The maximum Gasteiger partial charge on any atom is 0.269 e. The van der Waals surface area contributed by atoms with Gasteiger partial charge in [0.2, 0.25) is 5.91 Å². The third-order valence-electron chi connectivity index (χ3n) is 4.74. The molecule has 0 aliphatic carbocycles. The summed E-state index contributed by atoms with van der Waals surface area (Å²) in [7, 11) is 0. The fourth-order valence-corrected chi connectivity index (χ4v) is 4.14. The number of carbonyl (C=O) groups is 1. The van der Waals surface area contributed by atoms with E-state index in [1.165, 1.54) is 48.2 Å². The highest BCUT2D eigenvalue weighted by Crippen LogP contribution is 2.31. The van der Waals surface area contributed by atoms with Gasteiger partial charge in [-0.05, 0) is 35.9 Å². The predicted molar refractivity (Wildman–Crippen MR) is 120 cm³/mol. The summed E-state index contributed by atoms with van der Waals surface area (Å²) in [4.78, 5) is 23.7. The third-order valence-corrected chi connectivity index (χ3v) is 5.78. The zero-order valence-electron chi connectivity index (χ0n) is 16.3. The van der Waals surface area contributed by atoms with Gasteiger partial charge in [0, 0.05) is 46.4 Å². The van der Waals surface area contributed by atoms with Crippen LogP contribution in [0.3, 0.4) is 0 Å². The third kappa shape index (κ3) is 4.92. The summed E-state index contributed by atoms with van der Waals surface area (Å²) in [6.45, 7) is 0.556. The van der Waals surface area contributed by atoms with Gasteiger partial charge in [-0.1, -0.05) is 30.3 Å². The van der Waals surface area contributed by atoms with Gasteiger partial charge in [-0.3, -0.25) is 14.9 Å². The molecule has 3 aromatic carbocycles. The topological polar surface area (TPSA) is 77.2 Å². The number of fused-ring (bicyclic) bond motifs is 1. The van der Waals surface area contributed by atoms with Crippen molar-refractivity contribution >= 4 is 39.9 Å². The summed E-state index contributed by atoms with van der Waals surface area (Å²) in [5.74, 6) is -0.319. The first-order chi connectivity index (χ1) is 15.0. The number of nitrogens with one attached hydrogen (secondary N) is 1. The Hall–Kier alpha value is -3.65. The highest BCUT2D eigenvalue weighted by Gasteiger charge is 2.12. The van der Waals surface area contributed by atoms with E-state index in [4.69, 9.17) is 0 Å². The quantitative estimate of drug-likeness (QED) is 0.237. The molecule has 31 heavy (non-hydrogen) atoms. The number of hydrogen-bond acceptors (Lipinski definition) is 4. The molecule has 6 nitrogen and oxygen atoms in total. The molecular formula is C23H18FN3O3S. The van der Waals surface area contributed by atoms with Crippen molar-refractivity contribution in [3.63, 3.8) is 0 Å². The van der Waals surface area contributed by atoms with Gasteiger partial charge < -0.3 is 9.88 Å². The van der Waals surface area contributed by atoms with Gasteiger partial charge in [0.1, 0.15) is 5.82 Å². The summed E-state index contributed by atoms with van der Waals surface area (Å²) >= 11 is 1.42. The lowest BCUT2D eigenvalue weighted by Gasteiger charge is -2.05. The zero-order valence-corrected chi connectivity index (χ0v) is 17.1. The smallest absolute Gasteiger partial charge is 0.269 e. The number of halogens is 1. The van der Waals surface area contributed by atoms with Crippen LogP contribution in [0.25, 0.3) is 10.9 Å². The van der Waals surface area contributed by atoms with E-state index in [9.17, 15) is 19.3 Å². The molecule has 1 aromatic heterocycles. The number of rotatable bonds is 7. The van der Waals surface area contributed by atoms with E-state index in [0.29, 0.717) is 12.2 Å². The fraction of sp³-hybridized carbons (Fsp3) is 0.0870. The Balaban J connectivity index is 1.49. The van der Waals surface area contributed by atoms with Gasteiger partial charge in [0.05, 0.1) is 10.7 Å². The van der Waals surface area contributed by atoms with Crippen LogP contribution in [0.4, 0.5) is 15.8 Å². The molecule has 0 spiro atoms. The second kappa shape index (κ2) is 9.01. The van der Waals surface area contributed by atoms with Gasteiger partial charge in [0.15, 0.2) is 0 Å². The van der Waals surface area contributed by atoms with Crippen LogP contribution in [0.5, 0.6) is 0 Å². The molecule has 1 amide bonds. The van der Waals surface area contributed by atoms with E-state index in [1.54, 1.807) is 12.1 Å². The number of nitrogens with zero attached hydrogens (tertiary/aromatic N) is 2. The molecule has 0 saturated heterocycles. The minimum absolute atomic E-state index is 0.0597. The number of carbonyl (C=O) groups excluding carboxylic acids is 1. The Labute approximate surface area is 181 Å². The average molecular weight is 435 g/mol. The summed E-state index contributed by atoms with van der Waals surface area (Å²) in [5.41, 5.74) is 2.57. The van der Waals surface area contributed by atoms with E-state index in [0.717, 1.165) is 21.4 Å². The molecule has 0 bridgehead atoms. The lowest BCUT2D eigenvalue weighted by atomic mass is 10.2. The van der Waals surface area contributed by atoms with Crippen molar-refractivity contribution in [1.29, 1.82) is 0 Å². The van der Waals surface area contributed by atoms with Gasteiger partial charge in [-0.2, -0.15) is 0 Å². The van der Waals surface area contributed by atoms with E-state index in [2.05, 4.69) is 9.88 Å². The van der Waals surface area contributed by atoms with Crippen LogP contribution in [0, 0.1) is 15.9 Å². The van der Waals surface area contributed by atoms with Crippen LogP contribution in [0.1, 0.15) is 5.56 Å². The molecule has 0 saturated carbocycles. The normalized spacial score (nSPS) is 10.9. The van der Waals surface area contributed by atoms with E-state index in [1.807, 2.05) is 30.5 Å². The van der Waals surface area contributed by atoms with E-state index in [-0.39, 0.29) is 23.2 Å². The summed E-state index contributed by atoms with van der Waals surface area (Å²) < 4.78 is 15.1. The molecule has 0 aliphatic heterocycles. The van der Waals surface area contributed by atoms with Crippen molar-refractivity contribution < 1.29 is 14.1 Å². The Morgan fingerprint density at radius 1 is 1.03 bits per heavy atom. The van der Waals surface area contributed by atoms with Crippen molar-refractivity contribution in [3.8, 4) is 0 Å². The first kappa shape index (κ1) is 20.6. The zero-order chi connectivity index (χ0) is 21.8. The minimum Gasteiger partial charge on any atom is -0.342 e. The van der Waals surface area contributed by atoms with Gasteiger partial charge in [-0.15, -0.1) is 11.8 Å². The number of aromatic nitrogens is 1.